The van der Waals surface area contributed by atoms with Crippen molar-refractivity contribution in [1.82, 2.24) is 0 Å². The minimum atomic E-state index is -0.260. The van der Waals surface area contributed by atoms with E-state index in [4.69, 9.17) is 9.47 Å². The van der Waals surface area contributed by atoms with E-state index >= 15 is 0 Å². The van der Waals surface area contributed by atoms with Gasteiger partial charge in [-0.15, -0.1) is 0 Å². The molecule has 0 unspecified atom stereocenters. The molecule has 3 aromatic rings. The third-order valence-corrected chi connectivity index (χ3v) is 5.24. The zero-order chi connectivity index (χ0) is 22.2. The molecule has 1 amide bonds. The van der Waals surface area contributed by atoms with Crippen LogP contribution in [0, 0.1) is 13.8 Å². The lowest BCUT2D eigenvalue weighted by Crippen LogP contribution is -2.20. The number of methoxy groups -OCH3 is 1. The number of ether oxygens (including phenoxy) is 2. The normalized spacial score (nSPS) is 10.7. The third kappa shape index (κ3) is 6.33. The van der Waals surface area contributed by atoms with E-state index in [-0.39, 0.29) is 12.5 Å². The van der Waals surface area contributed by atoms with E-state index in [0.29, 0.717) is 17.2 Å². The number of nitrogens with zero attached hydrogens (tertiary/aromatic N) is 1. The molecule has 3 aromatic carbocycles. The number of nitrogens with one attached hydrogen (secondary N) is 2. The number of aryl methyl sites for hydroxylation is 2. The lowest BCUT2D eigenvalue weighted by molar-refractivity contribution is -0.118. The van der Waals surface area contributed by atoms with Crippen molar-refractivity contribution in [1.29, 1.82) is 0 Å². The quantitative estimate of drug-likeness (QED) is 0.327. The highest BCUT2D eigenvalue weighted by atomic mass is 79.9. The van der Waals surface area contributed by atoms with Gasteiger partial charge in [-0.25, -0.2) is 0 Å². The van der Waals surface area contributed by atoms with Crippen LogP contribution in [0.3, 0.4) is 0 Å². The average molecular weight is 482 g/mol. The fourth-order valence-corrected chi connectivity index (χ4v) is 3.34. The minimum absolute atomic E-state index is 0.140. The number of hydrazone groups is 1. The van der Waals surface area contributed by atoms with E-state index < -0.39 is 0 Å². The first kappa shape index (κ1) is 22.4. The maximum atomic E-state index is 12.3. The predicted octanol–water partition coefficient (Wildman–Crippen LogP) is 5.54. The second kappa shape index (κ2) is 10.6. The van der Waals surface area contributed by atoms with E-state index in [1.54, 1.807) is 25.5 Å². The second-order valence-corrected chi connectivity index (χ2v) is 7.75. The van der Waals surface area contributed by atoms with Gasteiger partial charge in [0, 0.05) is 4.47 Å². The molecule has 0 saturated carbocycles. The van der Waals surface area contributed by atoms with Crippen LogP contribution in [0.15, 0.2) is 70.2 Å². The molecule has 31 heavy (non-hydrogen) atoms. The summed E-state index contributed by atoms with van der Waals surface area (Å²) in [7, 11) is 1.55. The number of carbonyl (C=O) groups excluding carboxylic acids is 1. The van der Waals surface area contributed by atoms with Crippen molar-refractivity contribution in [3.63, 3.8) is 0 Å². The Balaban J connectivity index is 1.60. The standard InChI is InChI=1S/C24H24BrN3O3/c1-16-11-20(25)21(12-17(16)2)27-24(29)15-31-22-10-9-18(13-23(22)30-3)14-26-28-19-7-5-4-6-8-19/h4-14,28H,15H2,1-3H3,(H,27,29)/b26-14+. The molecular formula is C24H24BrN3O3. The van der Waals surface area contributed by atoms with Gasteiger partial charge in [0.25, 0.3) is 5.91 Å². The summed E-state index contributed by atoms with van der Waals surface area (Å²) in [5, 5.41) is 7.08. The molecule has 0 aliphatic heterocycles. The zero-order valence-corrected chi connectivity index (χ0v) is 19.2. The lowest BCUT2D eigenvalue weighted by atomic mass is 10.1. The van der Waals surface area contributed by atoms with Gasteiger partial charge >= 0.3 is 0 Å². The number of hydrogen-bond donors (Lipinski definition) is 2. The van der Waals surface area contributed by atoms with Crippen LogP contribution >= 0.6 is 15.9 Å². The first-order chi connectivity index (χ1) is 15.0. The largest absolute Gasteiger partial charge is 0.493 e. The summed E-state index contributed by atoms with van der Waals surface area (Å²) in [5.41, 5.74) is 7.64. The topological polar surface area (TPSA) is 71.9 Å². The molecule has 0 spiro atoms. The van der Waals surface area contributed by atoms with Crippen molar-refractivity contribution in [2.75, 3.05) is 24.5 Å². The molecule has 2 N–H and O–H groups in total. The number of carbonyl (C=O) groups is 1. The number of halogens is 1. The maximum Gasteiger partial charge on any atom is 0.262 e. The molecule has 0 aromatic heterocycles. The summed E-state index contributed by atoms with van der Waals surface area (Å²) >= 11 is 3.48. The molecule has 0 atom stereocenters. The summed E-state index contributed by atoms with van der Waals surface area (Å²) in [4.78, 5) is 12.3. The maximum absolute atomic E-state index is 12.3. The third-order valence-electron chi connectivity index (χ3n) is 4.58. The van der Waals surface area contributed by atoms with E-state index in [0.717, 1.165) is 26.9 Å². The fourth-order valence-electron chi connectivity index (χ4n) is 2.78. The van der Waals surface area contributed by atoms with Crippen LogP contribution in [0.5, 0.6) is 11.5 Å². The number of amides is 1. The molecule has 0 aliphatic rings. The summed E-state index contributed by atoms with van der Waals surface area (Å²) < 4.78 is 11.9. The van der Waals surface area contributed by atoms with Gasteiger partial charge in [-0.05, 0) is 88.9 Å². The molecule has 7 heteroatoms. The summed E-state index contributed by atoms with van der Waals surface area (Å²) in [6.45, 7) is 3.88. The van der Waals surface area contributed by atoms with Crippen molar-refractivity contribution in [3.8, 4) is 11.5 Å². The van der Waals surface area contributed by atoms with Crippen LogP contribution in [0.1, 0.15) is 16.7 Å². The minimum Gasteiger partial charge on any atom is -0.493 e. The summed E-state index contributed by atoms with van der Waals surface area (Å²) in [6, 6.07) is 18.9. The molecule has 0 bridgehead atoms. The highest BCUT2D eigenvalue weighted by Crippen LogP contribution is 2.28. The van der Waals surface area contributed by atoms with Crippen LogP contribution in [0.25, 0.3) is 0 Å². The highest BCUT2D eigenvalue weighted by molar-refractivity contribution is 9.10. The fraction of sp³-hybridized carbons (Fsp3) is 0.167. The number of hydrogen-bond acceptors (Lipinski definition) is 5. The summed E-state index contributed by atoms with van der Waals surface area (Å²) in [6.07, 6.45) is 1.68. The van der Waals surface area contributed by atoms with E-state index in [1.807, 2.05) is 62.4 Å². The lowest BCUT2D eigenvalue weighted by Gasteiger charge is -2.13. The Morgan fingerprint density at radius 2 is 1.77 bits per heavy atom. The molecule has 0 saturated heterocycles. The van der Waals surface area contributed by atoms with Gasteiger partial charge < -0.3 is 14.8 Å². The number of anilines is 2. The number of rotatable bonds is 8. The Morgan fingerprint density at radius 3 is 2.52 bits per heavy atom. The molecule has 0 fully saturated rings. The predicted molar refractivity (Wildman–Crippen MR) is 128 cm³/mol. The Hall–Kier alpha value is -3.32. The Labute approximate surface area is 190 Å². The van der Waals surface area contributed by atoms with Crippen LogP contribution in [-0.2, 0) is 4.79 Å². The van der Waals surface area contributed by atoms with E-state index in [2.05, 4.69) is 31.8 Å². The molecule has 0 heterocycles. The van der Waals surface area contributed by atoms with E-state index in [9.17, 15) is 4.79 Å². The van der Waals surface area contributed by atoms with Crippen LogP contribution < -0.4 is 20.2 Å². The van der Waals surface area contributed by atoms with Gasteiger partial charge in [0.1, 0.15) is 0 Å². The number of para-hydroxylation sites is 1. The molecular weight excluding hydrogens is 458 g/mol. The Kier molecular flexibility index (Phi) is 7.67. The summed E-state index contributed by atoms with van der Waals surface area (Å²) in [5.74, 6) is 0.734. The second-order valence-electron chi connectivity index (χ2n) is 6.90. The van der Waals surface area contributed by atoms with Crippen molar-refractivity contribution in [2.45, 2.75) is 13.8 Å². The van der Waals surface area contributed by atoms with Gasteiger partial charge in [-0.2, -0.15) is 5.10 Å². The molecule has 3 rings (SSSR count). The highest BCUT2D eigenvalue weighted by Gasteiger charge is 2.11. The van der Waals surface area contributed by atoms with Gasteiger partial charge in [0.2, 0.25) is 0 Å². The van der Waals surface area contributed by atoms with Crippen LogP contribution in [0.4, 0.5) is 11.4 Å². The van der Waals surface area contributed by atoms with Crippen LogP contribution in [-0.4, -0.2) is 25.8 Å². The first-order valence-corrected chi connectivity index (χ1v) is 10.5. The Bertz CT molecular complexity index is 1080. The molecule has 0 aliphatic carbocycles. The molecule has 6 nitrogen and oxygen atoms in total. The zero-order valence-electron chi connectivity index (χ0n) is 17.6. The van der Waals surface area contributed by atoms with Crippen molar-refractivity contribution in [3.05, 3.63) is 81.8 Å². The molecule has 160 valence electrons. The smallest absolute Gasteiger partial charge is 0.262 e. The van der Waals surface area contributed by atoms with E-state index in [1.165, 1.54) is 0 Å². The monoisotopic (exact) mass is 481 g/mol. The van der Waals surface area contributed by atoms with Gasteiger partial charge in [0.05, 0.1) is 24.7 Å². The van der Waals surface area contributed by atoms with Gasteiger partial charge in [-0.3, -0.25) is 10.2 Å². The van der Waals surface area contributed by atoms with Crippen molar-refractivity contribution >= 4 is 39.4 Å². The first-order valence-electron chi connectivity index (χ1n) is 9.68. The average Bonchev–Trinajstić information content (AvgIpc) is 2.77. The van der Waals surface area contributed by atoms with Crippen molar-refractivity contribution < 1.29 is 14.3 Å². The SMILES string of the molecule is COc1cc(/C=N/Nc2ccccc2)ccc1OCC(=O)Nc1cc(C)c(C)cc1Br. The van der Waals surface area contributed by atoms with Crippen LogP contribution in [0.2, 0.25) is 0 Å². The molecule has 0 radical (unpaired) electrons. The van der Waals surface area contributed by atoms with Gasteiger partial charge in [-0.1, -0.05) is 18.2 Å². The Morgan fingerprint density at radius 1 is 1.03 bits per heavy atom. The van der Waals surface area contributed by atoms with Crippen molar-refractivity contribution in [2.24, 2.45) is 5.10 Å². The van der Waals surface area contributed by atoms with Gasteiger partial charge in [0.15, 0.2) is 18.1 Å². The number of benzene rings is 3.